The lowest BCUT2D eigenvalue weighted by Crippen LogP contribution is -2.55. The molecule has 3 nitrogen and oxygen atoms in total. The van der Waals surface area contributed by atoms with Crippen LogP contribution in [-0.4, -0.2) is 34.6 Å². The van der Waals surface area contributed by atoms with Gasteiger partial charge in [0.25, 0.3) is 0 Å². The highest BCUT2D eigenvalue weighted by molar-refractivity contribution is 7.07. The highest BCUT2D eigenvalue weighted by Crippen LogP contribution is 2.35. The molecular formula is C15H25N3S. The summed E-state index contributed by atoms with van der Waals surface area (Å²) in [5.74, 6) is 0. The topological polar surface area (TPSA) is 28.2 Å². The molecule has 0 radical (unpaired) electrons. The van der Waals surface area contributed by atoms with Crippen molar-refractivity contribution in [2.24, 2.45) is 0 Å². The van der Waals surface area contributed by atoms with Crippen molar-refractivity contribution in [3.8, 4) is 0 Å². The lowest BCUT2D eigenvalue weighted by atomic mass is 9.81. The average Bonchev–Trinajstić information content (AvgIpc) is 2.89. The third-order valence-electron chi connectivity index (χ3n) is 4.64. The minimum Gasteiger partial charge on any atom is -0.314 e. The molecule has 0 saturated carbocycles. The lowest BCUT2D eigenvalue weighted by Gasteiger charge is -2.49. The number of piperidine rings is 2. The molecule has 2 saturated heterocycles. The number of fused-ring (bicyclic) bond motifs is 2. The van der Waals surface area contributed by atoms with Crippen molar-refractivity contribution in [3.05, 3.63) is 16.6 Å². The molecule has 0 aromatic carbocycles. The SMILES string of the molecule is CCCNC1CC2CCCC(C1)N2Cc1cscn1. The van der Waals surface area contributed by atoms with Gasteiger partial charge >= 0.3 is 0 Å². The van der Waals surface area contributed by atoms with Crippen LogP contribution in [0.2, 0.25) is 0 Å². The first kappa shape index (κ1) is 13.5. The molecule has 1 aromatic heterocycles. The molecule has 19 heavy (non-hydrogen) atoms. The van der Waals surface area contributed by atoms with Crippen molar-refractivity contribution >= 4 is 11.3 Å². The van der Waals surface area contributed by atoms with Gasteiger partial charge in [-0.25, -0.2) is 4.98 Å². The van der Waals surface area contributed by atoms with Gasteiger partial charge in [-0.3, -0.25) is 4.90 Å². The molecule has 2 unspecified atom stereocenters. The van der Waals surface area contributed by atoms with Crippen LogP contribution in [0.4, 0.5) is 0 Å². The summed E-state index contributed by atoms with van der Waals surface area (Å²) >= 11 is 1.72. The molecule has 0 amide bonds. The summed E-state index contributed by atoms with van der Waals surface area (Å²) < 4.78 is 0. The zero-order valence-corrected chi connectivity index (χ0v) is 12.7. The van der Waals surface area contributed by atoms with Crippen molar-refractivity contribution in [1.82, 2.24) is 15.2 Å². The van der Waals surface area contributed by atoms with Gasteiger partial charge in [-0.2, -0.15) is 0 Å². The van der Waals surface area contributed by atoms with E-state index in [1.807, 2.05) is 5.51 Å². The van der Waals surface area contributed by atoms with E-state index in [0.29, 0.717) is 0 Å². The Bertz CT molecular complexity index is 365. The first-order chi connectivity index (χ1) is 9.36. The van der Waals surface area contributed by atoms with E-state index in [-0.39, 0.29) is 0 Å². The first-order valence-electron chi connectivity index (χ1n) is 7.73. The minimum atomic E-state index is 0.752. The third-order valence-corrected chi connectivity index (χ3v) is 5.27. The van der Waals surface area contributed by atoms with E-state index in [4.69, 9.17) is 0 Å². The summed E-state index contributed by atoms with van der Waals surface area (Å²) in [6.45, 7) is 4.50. The monoisotopic (exact) mass is 279 g/mol. The van der Waals surface area contributed by atoms with E-state index in [1.165, 1.54) is 50.8 Å². The van der Waals surface area contributed by atoms with E-state index in [0.717, 1.165) is 24.7 Å². The van der Waals surface area contributed by atoms with Crippen LogP contribution < -0.4 is 5.32 Å². The van der Waals surface area contributed by atoms with Crippen LogP contribution in [0.25, 0.3) is 0 Å². The molecule has 2 aliphatic heterocycles. The summed E-state index contributed by atoms with van der Waals surface area (Å²) in [7, 11) is 0. The molecular weight excluding hydrogens is 254 g/mol. The molecule has 0 aliphatic carbocycles. The van der Waals surface area contributed by atoms with E-state index in [1.54, 1.807) is 11.3 Å². The van der Waals surface area contributed by atoms with Gasteiger partial charge in [-0.1, -0.05) is 13.3 Å². The fraction of sp³-hybridized carbons (Fsp3) is 0.800. The molecule has 3 rings (SSSR count). The Kier molecular flexibility index (Phi) is 4.51. The van der Waals surface area contributed by atoms with E-state index >= 15 is 0 Å². The predicted octanol–water partition coefficient (Wildman–Crippen LogP) is 3.03. The van der Waals surface area contributed by atoms with Gasteiger partial charge in [0.2, 0.25) is 0 Å². The maximum Gasteiger partial charge on any atom is 0.0795 e. The molecule has 1 aromatic rings. The van der Waals surface area contributed by atoms with Crippen molar-refractivity contribution < 1.29 is 0 Å². The molecule has 4 heteroatoms. The molecule has 2 aliphatic rings. The highest BCUT2D eigenvalue weighted by atomic mass is 32.1. The van der Waals surface area contributed by atoms with E-state index < -0.39 is 0 Å². The molecule has 2 fully saturated rings. The lowest BCUT2D eigenvalue weighted by molar-refractivity contribution is 0.0169. The zero-order valence-electron chi connectivity index (χ0n) is 11.8. The summed E-state index contributed by atoms with van der Waals surface area (Å²) in [6.07, 6.45) is 8.09. The van der Waals surface area contributed by atoms with E-state index in [2.05, 4.69) is 27.5 Å². The standard InChI is InChI=1S/C15H25N3S/c1-2-6-16-12-7-14-4-3-5-15(8-12)18(14)9-13-10-19-11-17-13/h10-12,14-16H,2-9H2,1H3. The van der Waals surface area contributed by atoms with Crippen LogP contribution in [-0.2, 0) is 6.54 Å². The molecule has 1 N–H and O–H groups in total. The average molecular weight is 279 g/mol. The molecule has 3 heterocycles. The Morgan fingerprint density at radius 1 is 1.37 bits per heavy atom. The second kappa shape index (κ2) is 6.33. The molecule has 2 atom stereocenters. The van der Waals surface area contributed by atoms with Gasteiger partial charge in [-0.05, 0) is 38.6 Å². The van der Waals surface area contributed by atoms with Crippen molar-refractivity contribution in [2.45, 2.75) is 70.1 Å². The number of rotatable bonds is 5. The van der Waals surface area contributed by atoms with Crippen LogP contribution >= 0.6 is 11.3 Å². The third kappa shape index (κ3) is 3.18. The van der Waals surface area contributed by atoms with Gasteiger partial charge in [0.1, 0.15) is 0 Å². The quantitative estimate of drug-likeness (QED) is 0.898. The summed E-state index contributed by atoms with van der Waals surface area (Å²) in [5, 5.41) is 5.94. The largest absolute Gasteiger partial charge is 0.314 e. The fourth-order valence-electron chi connectivity index (χ4n) is 3.75. The number of hydrogen-bond acceptors (Lipinski definition) is 4. The van der Waals surface area contributed by atoms with Gasteiger partial charge in [0.05, 0.1) is 11.2 Å². The first-order valence-corrected chi connectivity index (χ1v) is 8.67. The number of thiazole rings is 1. The summed E-state index contributed by atoms with van der Waals surface area (Å²) in [6, 6.07) is 2.31. The Labute approximate surface area is 120 Å². The number of nitrogens with zero attached hydrogens (tertiary/aromatic N) is 2. The number of aromatic nitrogens is 1. The van der Waals surface area contributed by atoms with Crippen molar-refractivity contribution in [1.29, 1.82) is 0 Å². The zero-order chi connectivity index (χ0) is 13.1. The van der Waals surface area contributed by atoms with Crippen molar-refractivity contribution in [2.75, 3.05) is 6.54 Å². The van der Waals surface area contributed by atoms with Gasteiger partial charge in [0.15, 0.2) is 0 Å². The van der Waals surface area contributed by atoms with Gasteiger partial charge in [0, 0.05) is 30.1 Å². The number of hydrogen-bond donors (Lipinski definition) is 1. The van der Waals surface area contributed by atoms with Gasteiger partial charge < -0.3 is 5.32 Å². The van der Waals surface area contributed by atoms with Gasteiger partial charge in [-0.15, -0.1) is 11.3 Å². The maximum atomic E-state index is 4.47. The van der Waals surface area contributed by atoms with Crippen LogP contribution in [0.3, 0.4) is 0 Å². The smallest absolute Gasteiger partial charge is 0.0795 e. The Morgan fingerprint density at radius 3 is 2.79 bits per heavy atom. The maximum absolute atomic E-state index is 4.47. The highest BCUT2D eigenvalue weighted by Gasteiger charge is 2.37. The molecule has 0 spiro atoms. The van der Waals surface area contributed by atoms with Crippen molar-refractivity contribution in [3.63, 3.8) is 0 Å². The Balaban J connectivity index is 1.63. The Morgan fingerprint density at radius 2 is 2.16 bits per heavy atom. The van der Waals surface area contributed by atoms with Crippen LogP contribution in [0.5, 0.6) is 0 Å². The van der Waals surface area contributed by atoms with Crippen LogP contribution in [0, 0.1) is 0 Å². The fourth-order valence-corrected chi connectivity index (χ4v) is 4.30. The molecule has 106 valence electrons. The van der Waals surface area contributed by atoms with Crippen LogP contribution in [0.1, 0.15) is 51.1 Å². The summed E-state index contributed by atoms with van der Waals surface area (Å²) in [4.78, 5) is 7.21. The van der Waals surface area contributed by atoms with Crippen LogP contribution in [0.15, 0.2) is 10.9 Å². The summed E-state index contributed by atoms with van der Waals surface area (Å²) in [5.41, 5.74) is 3.22. The van der Waals surface area contributed by atoms with E-state index in [9.17, 15) is 0 Å². The second-order valence-electron chi connectivity index (χ2n) is 6.01. The number of nitrogens with one attached hydrogen (secondary N) is 1. The second-order valence-corrected chi connectivity index (χ2v) is 6.73. The molecule has 2 bridgehead atoms. The predicted molar refractivity (Wildman–Crippen MR) is 80.4 cm³/mol. The Hall–Kier alpha value is -0.450. The normalized spacial score (nSPS) is 31.5. The minimum absolute atomic E-state index is 0.752.